The van der Waals surface area contributed by atoms with Crippen LogP contribution in [0.2, 0.25) is 5.02 Å². The third kappa shape index (κ3) is 3.97. The number of amides is 1. The molecule has 1 aliphatic rings. The fraction of sp³-hybridized carbons (Fsp3) is 0.0741. The second-order valence-corrected chi connectivity index (χ2v) is 10.9. The van der Waals surface area contributed by atoms with E-state index in [1.54, 1.807) is 19.1 Å². The van der Waals surface area contributed by atoms with Crippen LogP contribution in [0.5, 0.6) is 0 Å². The lowest BCUT2D eigenvalue weighted by Crippen LogP contribution is -2.31. The van der Waals surface area contributed by atoms with Crippen LogP contribution in [0.3, 0.4) is 0 Å². The van der Waals surface area contributed by atoms with Crippen molar-refractivity contribution in [1.29, 1.82) is 0 Å². The van der Waals surface area contributed by atoms with E-state index in [-0.39, 0.29) is 15.7 Å². The summed E-state index contributed by atoms with van der Waals surface area (Å²) in [5, 5.41) is 11.8. The molecule has 0 saturated heterocycles. The predicted molar refractivity (Wildman–Crippen MR) is 145 cm³/mol. The molecule has 0 saturated carbocycles. The lowest BCUT2D eigenvalue weighted by Gasteiger charge is -2.24. The fourth-order valence-corrected chi connectivity index (χ4v) is 6.53. The van der Waals surface area contributed by atoms with Crippen molar-refractivity contribution in [3.63, 3.8) is 0 Å². The van der Waals surface area contributed by atoms with Gasteiger partial charge >= 0.3 is 0 Å². The number of aryl methyl sites for hydroxylation is 1. The predicted octanol–water partition coefficient (Wildman–Crippen LogP) is 6.70. The van der Waals surface area contributed by atoms with E-state index in [2.05, 4.69) is 15.0 Å². The summed E-state index contributed by atoms with van der Waals surface area (Å²) in [6.07, 6.45) is 3.07. The number of Topliss-reactive ketones (excluding diaryl/α,β-unsaturated/α-hetero) is 1. The number of pyridine rings is 1. The van der Waals surface area contributed by atoms with Crippen LogP contribution in [0.15, 0.2) is 78.3 Å². The van der Waals surface area contributed by atoms with Crippen LogP contribution in [-0.2, 0) is 4.79 Å². The van der Waals surface area contributed by atoms with Gasteiger partial charge in [0.15, 0.2) is 10.9 Å². The zero-order valence-electron chi connectivity index (χ0n) is 19.6. The summed E-state index contributed by atoms with van der Waals surface area (Å²) >= 11 is 8.18. The average molecular weight is 563 g/mol. The Bertz CT molecular complexity index is 1730. The van der Waals surface area contributed by atoms with E-state index in [1.165, 1.54) is 40.8 Å². The second kappa shape index (κ2) is 9.39. The van der Waals surface area contributed by atoms with E-state index < -0.39 is 29.3 Å². The molecule has 6 rings (SSSR count). The Labute approximate surface area is 228 Å². The van der Waals surface area contributed by atoms with Gasteiger partial charge in [0.1, 0.15) is 10.8 Å². The van der Waals surface area contributed by atoms with Crippen molar-refractivity contribution in [2.24, 2.45) is 0 Å². The van der Waals surface area contributed by atoms with Crippen molar-refractivity contribution >= 4 is 61.3 Å². The molecule has 1 aliphatic heterocycles. The maximum atomic E-state index is 14.1. The zero-order valence-corrected chi connectivity index (χ0v) is 21.9. The van der Waals surface area contributed by atoms with Crippen LogP contribution in [-0.4, -0.2) is 31.7 Å². The third-order valence-electron chi connectivity index (χ3n) is 6.12. The van der Waals surface area contributed by atoms with Crippen LogP contribution in [0.1, 0.15) is 27.0 Å². The van der Waals surface area contributed by atoms with Crippen molar-refractivity contribution in [2.45, 2.75) is 13.0 Å². The number of aliphatic hydroxyl groups excluding tert-OH is 1. The number of halogens is 2. The first-order valence-corrected chi connectivity index (χ1v) is 13.3. The molecule has 2 aromatic carbocycles. The van der Waals surface area contributed by atoms with Gasteiger partial charge in [-0.15, -0.1) is 11.3 Å². The number of carbonyl (C=O) groups is 2. The molecule has 38 heavy (non-hydrogen) atoms. The van der Waals surface area contributed by atoms with Gasteiger partial charge in [-0.05, 0) is 36.8 Å². The number of thiazole rings is 2. The van der Waals surface area contributed by atoms with Gasteiger partial charge < -0.3 is 5.11 Å². The molecule has 11 heteroatoms. The maximum absolute atomic E-state index is 14.1. The molecular weight excluding hydrogens is 547 g/mol. The number of anilines is 1. The number of carbonyl (C=O) groups excluding carboxylic acids is 2. The van der Waals surface area contributed by atoms with Gasteiger partial charge in [-0.3, -0.25) is 19.5 Å². The molecule has 0 spiro atoms. The highest BCUT2D eigenvalue weighted by Gasteiger charge is 2.46. The molecule has 188 valence electrons. The molecule has 4 heterocycles. The van der Waals surface area contributed by atoms with Crippen molar-refractivity contribution in [3.8, 4) is 10.6 Å². The Morgan fingerprint density at radius 3 is 2.55 bits per heavy atom. The Hall–Kier alpha value is -3.99. The average Bonchev–Trinajstić information content (AvgIpc) is 3.59. The fourth-order valence-electron chi connectivity index (χ4n) is 4.34. The Kier molecular flexibility index (Phi) is 6.02. The quantitative estimate of drug-likeness (QED) is 0.239. The Morgan fingerprint density at radius 2 is 1.82 bits per heavy atom. The standard InChI is InChI=1S/C27H16ClFN4O3S2/c1-13-24(38-25(31-13)15-5-3-2-4-6-15)22(34)20-21(14-7-9-30-10-8-14)33(26(36)23(20)35)27-32-18-11-16(28)17(29)12-19(18)37-27/h2-12,21,35H,1H3. The Morgan fingerprint density at radius 1 is 1.08 bits per heavy atom. The summed E-state index contributed by atoms with van der Waals surface area (Å²) in [7, 11) is 0. The number of aliphatic hydroxyl groups is 1. The molecule has 0 aliphatic carbocycles. The first-order chi connectivity index (χ1) is 18.3. The van der Waals surface area contributed by atoms with E-state index in [4.69, 9.17) is 11.6 Å². The number of aromatic nitrogens is 3. The van der Waals surface area contributed by atoms with Gasteiger partial charge in [0.2, 0.25) is 5.78 Å². The lowest BCUT2D eigenvalue weighted by molar-refractivity contribution is -0.117. The minimum Gasteiger partial charge on any atom is -0.503 e. The summed E-state index contributed by atoms with van der Waals surface area (Å²) in [4.78, 5) is 42.1. The van der Waals surface area contributed by atoms with E-state index in [1.807, 2.05) is 30.3 Å². The first-order valence-electron chi connectivity index (χ1n) is 11.3. The van der Waals surface area contributed by atoms with Gasteiger partial charge in [0.25, 0.3) is 5.91 Å². The molecule has 1 N–H and O–H groups in total. The topological polar surface area (TPSA) is 96.3 Å². The third-order valence-corrected chi connectivity index (χ3v) is 8.64. The molecule has 0 fully saturated rings. The van der Waals surface area contributed by atoms with E-state index in [9.17, 15) is 19.1 Å². The molecule has 0 bridgehead atoms. The number of benzene rings is 2. The summed E-state index contributed by atoms with van der Waals surface area (Å²) < 4.78 is 14.6. The number of fused-ring (bicyclic) bond motifs is 1. The van der Waals surface area contributed by atoms with Crippen molar-refractivity contribution in [3.05, 3.63) is 105 Å². The number of ketones is 1. The van der Waals surface area contributed by atoms with E-state index in [0.29, 0.717) is 31.4 Å². The molecule has 1 unspecified atom stereocenters. The van der Waals surface area contributed by atoms with Gasteiger partial charge in [-0.25, -0.2) is 14.4 Å². The molecule has 0 radical (unpaired) electrons. The molecular formula is C27H16ClFN4O3S2. The normalized spacial score (nSPS) is 15.6. The highest BCUT2D eigenvalue weighted by molar-refractivity contribution is 7.22. The van der Waals surface area contributed by atoms with Crippen molar-refractivity contribution in [1.82, 2.24) is 15.0 Å². The van der Waals surface area contributed by atoms with Crippen LogP contribution in [0.4, 0.5) is 9.52 Å². The number of hydrogen-bond donors (Lipinski definition) is 1. The van der Waals surface area contributed by atoms with Crippen molar-refractivity contribution in [2.75, 3.05) is 4.90 Å². The number of nitrogens with zero attached hydrogens (tertiary/aromatic N) is 4. The smallest absolute Gasteiger partial charge is 0.296 e. The van der Waals surface area contributed by atoms with Crippen LogP contribution >= 0.6 is 34.3 Å². The molecule has 1 atom stereocenters. The number of hydrogen-bond acceptors (Lipinski definition) is 8. The molecule has 3 aromatic heterocycles. The SMILES string of the molecule is Cc1nc(-c2ccccc2)sc1C(=O)C1=C(O)C(=O)N(c2nc3cc(Cl)c(F)cc3s2)C1c1ccncc1. The van der Waals surface area contributed by atoms with Crippen LogP contribution in [0, 0.1) is 12.7 Å². The molecule has 5 aromatic rings. The van der Waals surface area contributed by atoms with Gasteiger partial charge in [0, 0.05) is 18.0 Å². The van der Waals surface area contributed by atoms with Gasteiger partial charge in [-0.2, -0.15) is 0 Å². The molecule has 1 amide bonds. The number of rotatable bonds is 5. The lowest BCUT2D eigenvalue weighted by atomic mass is 9.96. The van der Waals surface area contributed by atoms with Crippen LogP contribution in [0.25, 0.3) is 20.8 Å². The first kappa shape index (κ1) is 24.4. The van der Waals surface area contributed by atoms with E-state index >= 15 is 0 Å². The second-order valence-electron chi connectivity index (χ2n) is 8.48. The van der Waals surface area contributed by atoms with Crippen molar-refractivity contribution < 1.29 is 19.1 Å². The highest BCUT2D eigenvalue weighted by Crippen LogP contribution is 2.45. The van der Waals surface area contributed by atoms with Gasteiger partial charge in [0.05, 0.1) is 37.4 Å². The van der Waals surface area contributed by atoms with Crippen LogP contribution < -0.4 is 4.90 Å². The van der Waals surface area contributed by atoms with Gasteiger partial charge in [-0.1, -0.05) is 53.3 Å². The van der Waals surface area contributed by atoms with E-state index in [0.717, 1.165) is 16.9 Å². The zero-order chi connectivity index (χ0) is 26.6. The molecule has 7 nitrogen and oxygen atoms in total. The minimum atomic E-state index is -0.986. The monoisotopic (exact) mass is 562 g/mol. The summed E-state index contributed by atoms with van der Waals surface area (Å²) in [5.41, 5.74) is 2.20. The largest absolute Gasteiger partial charge is 0.503 e. The minimum absolute atomic E-state index is 0.0870. The maximum Gasteiger partial charge on any atom is 0.296 e. The summed E-state index contributed by atoms with van der Waals surface area (Å²) in [6.45, 7) is 1.72. The summed E-state index contributed by atoms with van der Waals surface area (Å²) in [6, 6.07) is 14.4. The Balaban J connectivity index is 1.48. The highest BCUT2D eigenvalue weighted by atomic mass is 35.5. The summed E-state index contributed by atoms with van der Waals surface area (Å²) in [5.74, 6) is -2.58.